The summed E-state index contributed by atoms with van der Waals surface area (Å²) in [6.45, 7) is 5.18. The third kappa shape index (κ3) is 3.69. The fourth-order valence-corrected chi connectivity index (χ4v) is 2.39. The van der Waals surface area contributed by atoms with Gasteiger partial charge >= 0.3 is 6.01 Å². The normalized spacial score (nSPS) is 21.8. The van der Waals surface area contributed by atoms with Gasteiger partial charge in [-0.2, -0.15) is 15.0 Å². The number of hydrogen-bond donors (Lipinski definition) is 2. The molecule has 7 heteroatoms. The molecule has 0 amide bonds. The number of aromatic nitrogens is 3. The zero-order valence-corrected chi connectivity index (χ0v) is 12.3. The van der Waals surface area contributed by atoms with Gasteiger partial charge in [-0.1, -0.05) is 0 Å². The Bertz CT molecular complexity index is 405. The van der Waals surface area contributed by atoms with Crippen LogP contribution in [0.5, 0.6) is 6.01 Å². The highest BCUT2D eigenvalue weighted by Gasteiger charge is 2.27. The molecule has 1 aromatic heterocycles. The number of nitrogens with one attached hydrogen (secondary N) is 2. The first-order valence-electron chi connectivity index (χ1n) is 7.18. The minimum Gasteiger partial charge on any atom is -0.464 e. The minimum absolute atomic E-state index is 0.213. The van der Waals surface area contributed by atoms with Gasteiger partial charge in [0.25, 0.3) is 0 Å². The zero-order valence-electron chi connectivity index (χ0n) is 12.3. The average Bonchev–Trinajstić information content (AvgIpc) is 2.86. The lowest BCUT2D eigenvalue weighted by molar-refractivity contribution is 0.101. The maximum atomic E-state index is 5.47. The lowest BCUT2D eigenvalue weighted by Gasteiger charge is -2.19. The van der Waals surface area contributed by atoms with E-state index in [0.29, 0.717) is 24.5 Å². The summed E-state index contributed by atoms with van der Waals surface area (Å²) in [6, 6.07) is 0.583. The molecule has 112 valence electrons. The van der Waals surface area contributed by atoms with Gasteiger partial charge in [-0.05, 0) is 33.1 Å². The lowest BCUT2D eigenvalue weighted by Crippen LogP contribution is -2.30. The smallest absolute Gasteiger partial charge is 0.323 e. The monoisotopic (exact) mass is 281 g/mol. The van der Waals surface area contributed by atoms with E-state index in [1.165, 1.54) is 0 Å². The van der Waals surface area contributed by atoms with Gasteiger partial charge in [0.05, 0.1) is 18.8 Å². The summed E-state index contributed by atoms with van der Waals surface area (Å²) in [7, 11) is 1.74. The predicted octanol–water partition coefficient (Wildman–Crippen LogP) is 1.68. The van der Waals surface area contributed by atoms with Gasteiger partial charge in [0.15, 0.2) is 0 Å². The van der Waals surface area contributed by atoms with Crippen LogP contribution in [-0.4, -0.2) is 47.4 Å². The molecule has 2 unspecified atom stereocenters. The molecule has 1 aromatic rings. The molecule has 2 N–H and O–H groups in total. The van der Waals surface area contributed by atoms with Gasteiger partial charge < -0.3 is 20.1 Å². The Morgan fingerprint density at radius 3 is 2.65 bits per heavy atom. The molecule has 7 nitrogen and oxygen atoms in total. The second-order valence-electron chi connectivity index (χ2n) is 4.68. The van der Waals surface area contributed by atoms with E-state index in [0.717, 1.165) is 25.8 Å². The van der Waals surface area contributed by atoms with Crippen molar-refractivity contribution in [2.24, 2.45) is 0 Å². The summed E-state index contributed by atoms with van der Waals surface area (Å²) >= 11 is 0. The predicted molar refractivity (Wildman–Crippen MR) is 77.2 cm³/mol. The summed E-state index contributed by atoms with van der Waals surface area (Å²) < 4.78 is 10.8. The first-order chi connectivity index (χ1) is 9.76. The van der Waals surface area contributed by atoms with Crippen LogP contribution >= 0.6 is 0 Å². The van der Waals surface area contributed by atoms with Crippen LogP contribution < -0.4 is 15.4 Å². The van der Waals surface area contributed by atoms with E-state index < -0.39 is 0 Å². The van der Waals surface area contributed by atoms with Crippen molar-refractivity contribution in [2.45, 2.75) is 45.3 Å². The van der Waals surface area contributed by atoms with Crippen molar-refractivity contribution in [1.29, 1.82) is 0 Å². The summed E-state index contributed by atoms with van der Waals surface area (Å²) in [5.74, 6) is 1.06. The van der Waals surface area contributed by atoms with E-state index in [-0.39, 0.29) is 12.1 Å². The molecule has 1 aliphatic carbocycles. The molecule has 0 radical (unpaired) electrons. The van der Waals surface area contributed by atoms with Crippen LogP contribution in [0.2, 0.25) is 0 Å². The summed E-state index contributed by atoms with van der Waals surface area (Å²) in [5, 5.41) is 6.42. The van der Waals surface area contributed by atoms with Gasteiger partial charge in [0, 0.05) is 13.7 Å². The first-order valence-corrected chi connectivity index (χ1v) is 7.18. The first kappa shape index (κ1) is 14.8. The quantitative estimate of drug-likeness (QED) is 0.787. The number of ether oxygens (including phenoxy) is 2. The van der Waals surface area contributed by atoms with Crippen LogP contribution in [-0.2, 0) is 4.74 Å². The number of nitrogens with zero attached hydrogens (tertiary/aromatic N) is 3. The number of methoxy groups -OCH3 is 1. The van der Waals surface area contributed by atoms with E-state index >= 15 is 0 Å². The fourth-order valence-electron chi connectivity index (χ4n) is 2.39. The Kier molecular flexibility index (Phi) is 5.34. The van der Waals surface area contributed by atoms with Gasteiger partial charge in [0.2, 0.25) is 11.9 Å². The fraction of sp³-hybridized carbons (Fsp3) is 0.769. The number of anilines is 2. The molecule has 1 saturated carbocycles. The van der Waals surface area contributed by atoms with Crippen LogP contribution in [0.15, 0.2) is 0 Å². The van der Waals surface area contributed by atoms with Gasteiger partial charge in [-0.3, -0.25) is 0 Å². The average molecular weight is 281 g/mol. The lowest BCUT2D eigenvalue weighted by atomic mass is 10.2. The second-order valence-corrected chi connectivity index (χ2v) is 4.68. The largest absolute Gasteiger partial charge is 0.464 e. The zero-order chi connectivity index (χ0) is 14.4. The third-order valence-electron chi connectivity index (χ3n) is 3.29. The molecule has 0 aromatic carbocycles. The maximum Gasteiger partial charge on any atom is 0.323 e. The van der Waals surface area contributed by atoms with Gasteiger partial charge in [-0.15, -0.1) is 0 Å². The van der Waals surface area contributed by atoms with Gasteiger partial charge in [0.1, 0.15) is 0 Å². The van der Waals surface area contributed by atoms with E-state index in [1.54, 1.807) is 7.11 Å². The molecular formula is C13H23N5O2. The number of rotatable bonds is 7. The molecule has 0 aliphatic heterocycles. The van der Waals surface area contributed by atoms with Crippen molar-refractivity contribution < 1.29 is 9.47 Å². The maximum absolute atomic E-state index is 5.47. The minimum atomic E-state index is 0.213. The Morgan fingerprint density at radius 1 is 1.15 bits per heavy atom. The van der Waals surface area contributed by atoms with Crippen LogP contribution in [0.3, 0.4) is 0 Å². The van der Waals surface area contributed by atoms with Crippen molar-refractivity contribution in [3.63, 3.8) is 0 Å². The summed E-state index contributed by atoms with van der Waals surface area (Å²) in [6.07, 6.45) is 3.49. The van der Waals surface area contributed by atoms with E-state index in [9.17, 15) is 0 Å². The summed E-state index contributed by atoms with van der Waals surface area (Å²) in [5.41, 5.74) is 0. The Morgan fingerprint density at radius 2 is 1.95 bits per heavy atom. The van der Waals surface area contributed by atoms with Crippen LogP contribution in [0.1, 0.15) is 33.1 Å². The van der Waals surface area contributed by atoms with Crippen molar-refractivity contribution in [2.75, 3.05) is 30.9 Å². The van der Waals surface area contributed by atoms with Crippen LogP contribution in [0, 0.1) is 0 Å². The molecule has 0 bridgehead atoms. The molecule has 1 aliphatic rings. The molecule has 2 atom stereocenters. The van der Waals surface area contributed by atoms with Crippen molar-refractivity contribution in [3.8, 4) is 6.01 Å². The number of hydrogen-bond acceptors (Lipinski definition) is 7. The van der Waals surface area contributed by atoms with E-state index in [2.05, 4.69) is 25.6 Å². The standard InChI is InChI=1S/C13H23N5O2/c1-4-14-11-16-12(18-13(17-11)20-5-2)15-9-7-6-8-10(9)19-3/h9-10H,4-8H2,1-3H3,(H2,14,15,16,17,18). The van der Waals surface area contributed by atoms with Crippen LogP contribution in [0.4, 0.5) is 11.9 Å². The third-order valence-corrected chi connectivity index (χ3v) is 3.29. The van der Waals surface area contributed by atoms with Gasteiger partial charge in [-0.25, -0.2) is 0 Å². The highest BCUT2D eigenvalue weighted by atomic mass is 16.5. The van der Waals surface area contributed by atoms with E-state index in [4.69, 9.17) is 9.47 Å². The molecular weight excluding hydrogens is 258 g/mol. The molecule has 0 spiro atoms. The topological polar surface area (TPSA) is 81.2 Å². The van der Waals surface area contributed by atoms with E-state index in [1.807, 2.05) is 13.8 Å². The SMILES string of the molecule is CCNc1nc(NC2CCCC2OC)nc(OCC)n1. The Hall–Kier alpha value is -1.63. The molecule has 0 saturated heterocycles. The second kappa shape index (κ2) is 7.23. The summed E-state index contributed by atoms with van der Waals surface area (Å²) in [4.78, 5) is 12.8. The molecule has 1 fully saturated rings. The van der Waals surface area contributed by atoms with Crippen LogP contribution in [0.25, 0.3) is 0 Å². The molecule has 2 rings (SSSR count). The highest BCUT2D eigenvalue weighted by Crippen LogP contribution is 2.24. The molecule has 20 heavy (non-hydrogen) atoms. The Labute approximate surface area is 119 Å². The van der Waals surface area contributed by atoms with Crippen molar-refractivity contribution in [3.05, 3.63) is 0 Å². The van der Waals surface area contributed by atoms with Crippen molar-refractivity contribution in [1.82, 2.24) is 15.0 Å². The highest BCUT2D eigenvalue weighted by molar-refractivity contribution is 5.37. The molecule has 1 heterocycles. The Balaban J connectivity index is 2.12. The van der Waals surface area contributed by atoms with Crippen molar-refractivity contribution >= 4 is 11.9 Å².